The highest BCUT2D eigenvalue weighted by molar-refractivity contribution is 7.91. The van der Waals surface area contributed by atoms with Crippen molar-refractivity contribution in [3.8, 4) is 5.75 Å². The van der Waals surface area contributed by atoms with E-state index in [0.717, 1.165) is 19.2 Å². The molecule has 0 unspecified atom stereocenters. The summed E-state index contributed by atoms with van der Waals surface area (Å²) in [7, 11) is -1.05. The van der Waals surface area contributed by atoms with Crippen molar-refractivity contribution in [3.63, 3.8) is 0 Å². The molecule has 0 atom stereocenters. The molecule has 0 saturated carbocycles. The SMILES string of the molecule is COC(=O)C1(NC(=O)C(F)(F)c2cccc(OC)c2)CCS(=O)(=O)CC1. The molecule has 0 radical (unpaired) electrons. The van der Waals surface area contributed by atoms with E-state index in [1.54, 1.807) is 0 Å². The highest BCUT2D eigenvalue weighted by Crippen LogP contribution is 2.33. The summed E-state index contributed by atoms with van der Waals surface area (Å²) in [6.07, 6.45) is -0.663. The van der Waals surface area contributed by atoms with E-state index in [0.29, 0.717) is 0 Å². The van der Waals surface area contributed by atoms with Gasteiger partial charge < -0.3 is 14.8 Å². The summed E-state index contributed by atoms with van der Waals surface area (Å²) >= 11 is 0. The molecule has 0 aromatic heterocycles. The van der Waals surface area contributed by atoms with Gasteiger partial charge in [0.05, 0.1) is 25.7 Å². The minimum absolute atomic E-state index is 0.140. The molecule has 0 bridgehead atoms. The highest BCUT2D eigenvalue weighted by atomic mass is 32.2. The molecule has 10 heteroatoms. The van der Waals surface area contributed by atoms with E-state index in [4.69, 9.17) is 4.74 Å². The summed E-state index contributed by atoms with van der Waals surface area (Å²) < 4.78 is 61.8. The molecule has 1 N–H and O–H groups in total. The molecule has 1 amide bonds. The number of hydrogen-bond acceptors (Lipinski definition) is 6. The monoisotopic (exact) mass is 391 g/mol. The van der Waals surface area contributed by atoms with Crippen LogP contribution in [-0.2, 0) is 30.1 Å². The number of sulfone groups is 1. The maximum Gasteiger partial charge on any atom is 0.349 e. The van der Waals surface area contributed by atoms with Crippen molar-refractivity contribution in [2.45, 2.75) is 24.3 Å². The smallest absolute Gasteiger partial charge is 0.349 e. The highest BCUT2D eigenvalue weighted by Gasteiger charge is 2.51. The molecule has 144 valence electrons. The Balaban J connectivity index is 2.30. The van der Waals surface area contributed by atoms with Crippen LogP contribution in [0.4, 0.5) is 8.78 Å². The van der Waals surface area contributed by atoms with E-state index in [1.165, 1.54) is 19.2 Å². The summed E-state index contributed by atoms with van der Waals surface area (Å²) in [5, 5.41) is 2.03. The van der Waals surface area contributed by atoms with Gasteiger partial charge in [-0.15, -0.1) is 0 Å². The van der Waals surface area contributed by atoms with Crippen molar-refractivity contribution >= 4 is 21.7 Å². The predicted molar refractivity (Wildman–Crippen MR) is 87.7 cm³/mol. The van der Waals surface area contributed by atoms with E-state index < -0.39 is 50.2 Å². The van der Waals surface area contributed by atoms with Gasteiger partial charge in [-0.1, -0.05) is 12.1 Å². The largest absolute Gasteiger partial charge is 0.497 e. The number of nitrogens with one attached hydrogen (secondary N) is 1. The molecule has 1 fully saturated rings. The second kappa shape index (κ2) is 7.18. The second-order valence-electron chi connectivity index (χ2n) is 5.99. The first-order valence-corrected chi connectivity index (χ1v) is 9.52. The van der Waals surface area contributed by atoms with Crippen LogP contribution >= 0.6 is 0 Å². The number of ether oxygens (including phenoxy) is 2. The van der Waals surface area contributed by atoms with E-state index in [1.807, 2.05) is 5.32 Å². The summed E-state index contributed by atoms with van der Waals surface area (Å²) in [5.41, 5.74) is -2.42. The van der Waals surface area contributed by atoms with Crippen LogP contribution in [0, 0.1) is 0 Å². The first kappa shape index (κ1) is 20.1. The molecule has 26 heavy (non-hydrogen) atoms. The van der Waals surface area contributed by atoms with Gasteiger partial charge in [0.25, 0.3) is 5.91 Å². The number of carbonyl (C=O) groups is 2. The van der Waals surface area contributed by atoms with Crippen molar-refractivity contribution in [2.24, 2.45) is 0 Å². The number of methoxy groups -OCH3 is 2. The first-order valence-electron chi connectivity index (χ1n) is 7.70. The Kier molecular flexibility index (Phi) is 5.55. The Labute approximate surface area is 149 Å². The third kappa shape index (κ3) is 3.95. The lowest BCUT2D eigenvalue weighted by Crippen LogP contribution is -2.61. The summed E-state index contributed by atoms with van der Waals surface area (Å²) in [5.74, 6) is -7.30. The van der Waals surface area contributed by atoms with Gasteiger partial charge in [0, 0.05) is 5.56 Å². The molecule has 0 spiro atoms. The second-order valence-corrected chi connectivity index (χ2v) is 8.29. The van der Waals surface area contributed by atoms with Gasteiger partial charge in [0.2, 0.25) is 0 Å². The molecule has 1 aliphatic heterocycles. The Bertz CT molecular complexity index is 795. The van der Waals surface area contributed by atoms with Gasteiger partial charge in [-0.3, -0.25) is 4.79 Å². The van der Waals surface area contributed by atoms with Crippen LogP contribution < -0.4 is 10.1 Å². The van der Waals surface area contributed by atoms with Crippen molar-refractivity contribution in [1.82, 2.24) is 5.32 Å². The maximum atomic E-state index is 14.6. The summed E-state index contributed by atoms with van der Waals surface area (Å²) in [6, 6.07) is 4.81. The van der Waals surface area contributed by atoms with Gasteiger partial charge in [0.1, 0.15) is 11.3 Å². The Hall–Kier alpha value is -2.23. The van der Waals surface area contributed by atoms with Gasteiger partial charge in [-0.05, 0) is 25.0 Å². The third-order valence-corrected chi connectivity index (χ3v) is 5.98. The zero-order valence-corrected chi connectivity index (χ0v) is 15.1. The molecule has 0 aliphatic carbocycles. The standard InChI is InChI=1S/C16H19F2NO6S/c1-24-12-5-3-4-11(10-12)16(17,18)13(20)19-15(14(21)25-2)6-8-26(22,23)9-7-15/h3-5,10H,6-9H2,1-2H3,(H,19,20). The number of hydrogen-bond donors (Lipinski definition) is 1. The molecule has 1 aromatic carbocycles. The van der Waals surface area contributed by atoms with E-state index >= 15 is 0 Å². The molecule has 1 saturated heterocycles. The molecule has 1 aliphatic rings. The fraction of sp³-hybridized carbons (Fsp3) is 0.500. The summed E-state index contributed by atoms with van der Waals surface area (Å²) in [4.78, 5) is 24.4. The average molecular weight is 391 g/mol. The normalized spacial score (nSPS) is 18.6. The van der Waals surface area contributed by atoms with Crippen molar-refractivity contribution < 1.29 is 36.3 Å². The fourth-order valence-corrected chi connectivity index (χ4v) is 4.23. The lowest BCUT2D eigenvalue weighted by molar-refractivity contribution is -0.158. The molecule has 1 aromatic rings. The maximum absolute atomic E-state index is 14.6. The van der Waals surface area contributed by atoms with Crippen LogP contribution in [-0.4, -0.2) is 51.6 Å². The van der Waals surface area contributed by atoms with Crippen LogP contribution in [0.5, 0.6) is 5.75 Å². The average Bonchev–Trinajstić information content (AvgIpc) is 2.62. The quantitative estimate of drug-likeness (QED) is 0.753. The number of alkyl halides is 2. The topological polar surface area (TPSA) is 98.8 Å². The fourth-order valence-electron chi connectivity index (χ4n) is 2.71. The molecule has 7 nitrogen and oxygen atoms in total. The van der Waals surface area contributed by atoms with E-state index in [9.17, 15) is 26.8 Å². The van der Waals surface area contributed by atoms with Gasteiger partial charge >= 0.3 is 11.9 Å². The number of amides is 1. The van der Waals surface area contributed by atoms with Crippen LogP contribution in [0.1, 0.15) is 18.4 Å². The molecular weight excluding hydrogens is 372 g/mol. The van der Waals surface area contributed by atoms with E-state index in [2.05, 4.69) is 4.74 Å². The van der Waals surface area contributed by atoms with Crippen molar-refractivity contribution in [2.75, 3.05) is 25.7 Å². The minimum atomic E-state index is -3.95. The Morgan fingerprint density at radius 2 is 1.81 bits per heavy atom. The number of esters is 1. The van der Waals surface area contributed by atoms with Crippen molar-refractivity contribution in [3.05, 3.63) is 29.8 Å². The lowest BCUT2D eigenvalue weighted by Gasteiger charge is -2.36. The number of rotatable bonds is 5. The van der Waals surface area contributed by atoms with Crippen LogP contribution in [0.3, 0.4) is 0 Å². The molecule has 2 rings (SSSR count). The van der Waals surface area contributed by atoms with Gasteiger partial charge in [-0.25, -0.2) is 13.2 Å². The minimum Gasteiger partial charge on any atom is -0.497 e. The Morgan fingerprint density at radius 1 is 1.19 bits per heavy atom. The van der Waals surface area contributed by atoms with E-state index in [-0.39, 0.29) is 18.6 Å². The van der Waals surface area contributed by atoms with Gasteiger partial charge in [-0.2, -0.15) is 8.78 Å². The first-order chi connectivity index (χ1) is 12.1. The zero-order chi connectivity index (χ0) is 19.6. The molecule has 1 heterocycles. The number of halogens is 2. The van der Waals surface area contributed by atoms with Crippen LogP contribution in [0.25, 0.3) is 0 Å². The number of carbonyl (C=O) groups excluding carboxylic acids is 2. The molecular formula is C16H19F2NO6S. The predicted octanol–water partition coefficient (Wildman–Crippen LogP) is 1.02. The van der Waals surface area contributed by atoms with Gasteiger partial charge in [0.15, 0.2) is 9.84 Å². The van der Waals surface area contributed by atoms with Crippen LogP contribution in [0.15, 0.2) is 24.3 Å². The number of benzene rings is 1. The summed E-state index contributed by atoms with van der Waals surface area (Å²) in [6.45, 7) is 0. The Morgan fingerprint density at radius 3 is 2.35 bits per heavy atom. The van der Waals surface area contributed by atoms with Crippen LogP contribution in [0.2, 0.25) is 0 Å². The third-order valence-electron chi connectivity index (χ3n) is 4.33. The van der Waals surface area contributed by atoms with Crippen molar-refractivity contribution in [1.29, 1.82) is 0 Å². The zero-order valence-electron chi connectivity index (χ0n) is 14.3. The lowest BCUT2D eigenvalue weighted by atomic mass is 9.91.